The van der Waals surface area contributed by atoms with Crippen molar-refractivity contribution in [2.24, 2.45) is 0 Å². The minimum Gasteiger partial charge on any atom is -0.480 e. The standard InChI is InChI=1S/C22H27N3O6/c1-22(2,3)31-21(29)25-24-18(20(27)28)13-14-19(26)23-15-9-11-17(12-10-15)30-16-7-5-4-6-8-16/h4-12,18,24H,13-14H2,1-3H3,(H,23,26)(H,25,29)(H,27,28)/t18-/m0/s1. The number of rotatable bonds is 9. The summed E-state index contributed by atoms with van der Waals surface area (Å²) in [4.78, 5) is 35.2. The lowest BCUT2D eigenvalue weighted by molar-refractivity contribution is -0.140. The van der Waals surface area contributed by atoms with E-state index in [1.807, 2.05) is 30.3 Å². The third kappa shape index (κ3) is 9.18. The Morgan fingerprint density at radius 2 is 1.58 bits per heavy atom. The molecule has 31 heavy (non-hydrogen) atoms. The van der Waals surface area contributed by atoms with Gasteiger partial charge >= 0.3 is 12.1 Å². The summed E-state index contributed by atoms with van der Waals surface area (Å²) in [5.41, 5.74) is 4.39. The molecule has 0 spiro atoms. The smallest absolute Gasteiger partial charge is 0.422 e. The molecule has 0 radical (unpaired) electrons. The van der Waals surface area contributed by atoms with Gasteiger partial charge in [0.2, 0.25) is 5.91 Å². The van der Waals surface area contributed by atoms with Gasteiger partial charge in [0, 0.05) is 12.1 Å². The second kappa shape index (κ2) is 11.0. The number of aliphatic carboxylic acids is 1. The maximum absolute atomic E-state index is 12.2. The number of hydrogen-bond donors (Lipinski definition) is 4. The maximum atomic E-state index is 12.2. The number of hydrazine groups is 1. The Balaban J connectivity index is 1.79. The Morgan fingerprint density at radius 3 is 2.16 bits per heavy atom. The van der Waals surface area contributed by atoms with Crippen molar-refractivity contribution < 1.29 is 29.0 Å². The molecule has 0 fully saturated rings. The summed E-state index contributed by atoms with van der Waals surface area (Å²) in [6, 6.07) is 15.0. The normalized spacial score (nSPS) is 11.8. The van der Waals surface area contributed by atoms with Crippen LogP contribution < -0.4 is 20.9 Å². The number of amides is 2. The summed E-state index contributed by atoms with van der Waals surface area (Å²) in [6.45, 7) is 5.06. The van der Waals surface area contributed by atoms with Gasteiger partial charge < -0.3 is 19.9 Å². The van der Waals surface area contributed by atoms with Crippen molar-refractivity contribution in [3.05, 3.63) is 54.6 Å². The Labute approximate surface area is 180 Å². The van der Waals surface area contributed by atoms with Crippen molar-refractivity contribution in [2.45, 2.75) is 45.3 Å². The highest BCUT2D eigenvalue weighted by molar-refractivity contribution is 5.91. The van der Waals surface area contributed by atoms with Gasteiger partial charge in [-0.15, -0.1) is 0 Å². The quantitative estimate of drug-likeness (QED) is 0.448. The first-order valence-corrected chi connectivity index (χ1v) is 9.72. The highest BCUT2D eigenvalue weighted by atomic mass is 16.6. The molecular weight excluding hydrogens is 402 g/mol. The molecule has 0 aromatic heterocycles. The molecule has 0 saturated heterocycles. The summed E-state index contributed by atoms with van der Waals surface area (Å²) < 4.78 is 10.7. The molecule has 0 saturated carbocycles. The van der Waals surface area contributed by atoms with Gasteiger partial charge in [-0.05, 0) is 63.6 Å². The van der Waals surface area contributed by atoms with E-state index in [0.717, 1.165) is 0 Å². The number of anilines is 1. The van der Waals surface area contributed by atoms with Gasteiger partial charge in [0.15, 0.2) is 0 Å². The average molecular weight is 429 g/mol. The fourth-order valence-corrected chi connectivity index (χ4v) is 2.44. The summed E-state index contributed by atoms with van der Waals surface area (Å²) in [5, 5.41) is 12.0. The average Bonchev–Trinajstić information content (AvgIpc) is 2.68. The molecule has 2 rings (SSSR count). The SMILES string of the molecule is CC(C)(C)OC(=O)NN[C@@H](CCC(=O)Nc1ccc(Oc2ccccc2)cc1)C(=O)O. The molecule has 0 bridgehead atoms. The Hall–Kier alpha value is -3.59. The molecule has 0 aliphatic rings. The third-order valence-electron chi connectivity index (χ3n) is 3.82. The van der Waals surface area contributed by atoms with Gasteiger partial charge in [-0.1, -0.05) is 18.2 Å². The molecule has 9 heteroatoms. The number of carboxylic acid groups (broad SMARTS) is 1. The van der Waals surface area contributed by atoms with E-state index in [4.69, 9.17) is 9.47 Å². The minimum atomic E-state index is -1.20. The van der Waals surface area contributed by atoms with Crippen LogP contribution in [0.4, 0.5) is 10.5 Å². The van der Waals surface area contributed by atoms with E-state index in [0.29, 0.717) is 17.2 Å². The van der Waals surface area contributed by atoms with Gasteiger partial charge in [0.05, 0.1) is 0 Å². The van der Waals surface area contributed by atoms with Crippen molar-refractivity contribution in [2.75, 3.05) is 5.32 Å². The first kappa shape index (κ1) is 23.7. The zero-order valence-electron chi connectivity index (χ0n) is 17.7. The molecule has 2 amide bonds. The molecule has 2 aromatic carbocycles. The van der Waals surface area contributed by atoms with Gasteiger partial charge in [-0.25, -0.2) is 10.2 Å². The Kier molecular flexibility index (Phi) is 8.39. The molecule has 166 valence electrons. The first-order chi connectivity index (χ1) is 14.6. The summed E-state index contributed by atoms with van der Waals surface area (Å²) in [6.07, 6.45) is -0.907. The Bertz CT molecular complexity index is 878. The third-order valence-corrected chi connectivity index (χ3v) is 3.82. The lowest BCUT2D eigenvalue weighted by Crippen LogP contribution is -2.49. The summed E-state index contributed by atoms with van der Waals surface area (Å²) in [5.74, 6) is -0.243. The molecule has 4 N–H and O–H groups in total. The number of ether oxygens (including phenoxy) is 2. The van der Waals surface area contributed by atoms with Crippen LogP contribution in [0.2, 0.25) is 0 Å². The molecule has 9 nitrogen and oxygen atoms in total. The highest BCUT2D eigenvalue weighted by Gasteiger charge is 2.21. The number of para-hydroxylation sites is 1. The zero-order chi connectivity index (χ0) is 22.9. The van der Waals surface area contributed by atoms with Crippen molar-refractivity contribution in [1.29, 1.82) is 0 Å². The van der Waals surface area contributed by atoms with E-state index in [-0.39, 0.29) is 18.7 Å². The van der Waals surface area contributed by atoms with Crippen LogP contribution in [0.15, 0.2) is 54.6 Å². The fraction of sp³-hybridized carbons (Fsp3) is 0.318. The van der Waals surface area contributed by atoms with E-state index in [2.05, 4.69) is 16.2 Å². The van der Waals surface area contributed by atoms with E-state index < -0.39 is 23.7 Å². The zero-order valence-corrected chi connectivity index (χ0v) is 17.7. The predicted molar refractivity (Wildman–Crippen MR) is 115 cm³/mol. The monoisotopic (exact) mass is 429 g/mol. The van der Waals surface area contributed by atoms with Crippen LogP contribution in [-0.4, -0.2) is 34.7 Å². The topological polar surface area (TPSA) is 126 Å². The number of carbonyl (C=O) groups excluding carboxylic acids is 2. The van der Waals surface area contributed by atoms with Gasteiger partial charge in [-0.2, -0.15) is 0 Å². The van der Waals surface area contributed by atoms with Crippen LogP contribution in [0.5, 0.6) is 11.5 Å². The fourth-order valence-electron chi connectivity index (χ4n) is 2.44. The number of carboxylic acids is 1. The van der Waals surface area contributed by atoms with Gasteiger partial charge in [-0.3, -0.25) is 15.0 Å². The van der Waals surface area contributed by atoms with E-state index in [1.54, 1.807) is 45.0 Å². The molecule has 1 atom stereocenters. The van der Waals surface area contributed by atoms with Gasteiger partial charge in [0.25, 0.3) is 0 Å². The minimum absolute atomic E-state index is 0.0355. The Morgan fingerprint density at radius 1 is 0.968 bits per heavy atom. The second-order valence-corrected chi connectivity index (χ2v) is 7.69. The largest absolute Gasteiger partial charge is 0.480 e. The number of benzene rings is 2. The second-order valence-electron chi connectivity index (χ2n) is 7.69. The lowest BCUT2D eigenvalue weighted by Gasteiger charge is -2.21. The molecule has 0 aliphatic carbocycles. The first-order valence-electron chi connectivity index (χ1n) is 9.72. The van der Waals surface area contributed by atoms with Crippen molar-refractivity contribution >= 4 is 23.7 Å². The van der Waals surface area contributed by atoms with Crippen molar-refractivity contribution in [1.82, 2.24) is 10.9 Å². The van der Waals surface area contributed by atoms with Crippen LogP contribution in [-0.2, 0) is 14.3 Å². The van der Waals surface area contributed by atoms with Crippen LogP contribution in [0.25, 0.3) is 0 Å². The van der Waals surface area contributed by atoms with E-state index in [9.17, 15) is 19.5 Å². The molecular formula is C22H27N3O6. The van der Waals surface area contributed by atoms with Crippen LogP contribution in [0.1, 0.15) is 33.6 Å². The number of hydrogen-bond acceptors (Lipinski definition) is 6. The lowest BCUT2D eigenvalue weighted by atomic mass is 10.1. The number of nitrogens with one attached hydrogen (secondary N) is 3. The number of carbonyl (C=O) groups is 3. The highest BCUT2D eigenvalue weighted by Crippen LogP contribution is 2.22. The van der Waals surface area contributed by atoms with E-state index >= 15 is 0 Å². The molecule has 0 unspecified atom stereocenters. The molecule has 2 aromatic rings. The predicted octanol–water partition coefficient (Wildman–Crippen LogP) is 3.68. The van der Waals surface area contributed by atoms with Crippen molar-refractivity contribution in [3.8, 4) is 11.5 Å². The van der Waals surface area contributed by atoms with Crippen LogP contribution in [0.3, 0.4) is 0 Å². The van der Waals surface area contributed by atoms with Crippen molar-refractivity contribution in [3.63, 3.8) is 0 Å². The van der Waals surface area contributed by atoms with Crippen LogP contribution in [0, 0.1) is 0 Å². The van der Waals surface area contributed by atoms with Crippen LogP contribution >= 0.6 is 0 Å². The summed E-state index contributed by atoms with van der Waals surface area (Å²) in [7, 11) is 0. The molecule has 0 heterocycles. The maximum Gasteiger partial charge on any atom is 0.422 e. The van der Waals surface area contributed by atoms with E-state index in [1.165, 1.54) is 0 Å². The summed E-state index contributed by atoms with van der Waals surface area (Å²) >= 11 is 0. The van der Waals surface area contributed by atoms with Gasteiger partial charge in [0.1, 0.15) is 23.1 Å². The molecule has 0 aliphatic heterocycles.